The van der Waals surface area contributed by atoms with Crippen LogP contribution in [0.1, 0.15) is 61.8 Å². The lowest BCUT2D eigenvalue weighted by molar-refractivity contribution is -0.132. The third-order valence-corrected chi connectivity index (χ3v) is 7.28. The third kappa shape index (κ3) is 2.71. The minimum Gasteiger partial charge on any atom is -0.478 e. The molecule has 2 saturated carbocycles. The van der Waals surface area contributed by atoms with Crippen molar-refractivity contribution < 1.29 is 9.90 Å². The van der Waals surface area contributed by atoms with Crippen LogP contribution in [0.3, 0.4) is 0 Å². The molecule has 1 unspecified atom stereocenters. The summed E-state index contributed by atoms with van der Waals surface area (Å²) in [7, 11) is 0. The first-order valence-corrected chi connectivity index (χ1v) is 10.2. The maximum Gasteiger partial charge on any atom is 0.332 e. The molecule has 5 rings (SSSR count). The van der Waals surface area contributed by atoms with Gasteiger partial charge in [0.05, 0.1) is 0 Å². The first-order valence-electron chi connectivity index (χ1n) is 9.26. The number of carboxylic acids is 1. The fourth-order valence-electron chi connectivity index (χ4n) is 4.11. The molecule has 2 heterocycles. The van der Waals surface area contributed by atoms with Crippen molar-refractivity contribution in [3.05, 3.63) is 46.0 Å². The van der Waals surface area contributed by atoms with E-state index in [9.17, 15) is 9.90 Å². The molecule has 0 bridgehead atoms. The van der Waals surface area contributed by atoms with Gasteiger partial charge in [-0.1, -0.05) is 19.1 Å². The number of aromatic nitrogens is 1. The summed E-state index contributed by atoms with van der Waals surface area (Å²) in [5.41, 5.74) is 6.43. The zero-order valence-electron chi connectivity index (χ0n) is 14.5. The fourth-order valence-corrected chi connectivity index (χ4v) is 5.21. The van der Waals surface area contributed by atoms with Gasteiger partial charge in [0.1, 0.15) is 0 Å². The monoisotopic (exact) mass is 353 g/mol. The van der Waals surface area contributed by atoms with Gasteiger partial charge in [0.25, 0.3) is 0 Å². The van der Waals surface area contributed by atoms with Crippen molar-refractivity contribution in [2.24, 2.45) is 0 Å². The van der Waals surface area contributed by atoms with Crippen LogP contribution in [-0.2, 0) is 16.6 Å². The van der Waals surface area contributed by atoms with Gasteiger partial charge in [-0.05, 0) is 67.0 Å². The van der Waals surface area contributed by atoms with Crippen LogP contribution in [0.2, 0.25) is 0 Å². The van der Waals surface area contributed by atoms with Crippen LogP contribution in [0, 0.1) is 0 Å². The van der Waals surface area contributed by atoms with E-state index < -0.39 is 5.97 Å². The molecule has 4 heteroatoms. The molecule has 1 atom stereocenters. The van der Waals surface area contributed by atoms with Crippen LogP contribution in [0.15, 0.2) is 29.2 Å². The lowest BCUT2D eigenvalue weighted by Gasteiger charge is -2.14. The Morgan fingerprint density at radius 1 is 1.36 bits per heavy atom. The Balaban J connectivity index is 1.51. The van der Waals surface area contributed by atoms with Gasteiger partial charge >= 0.3 is 5.97 Å². The standard InChI is InChI=1S/C21H23NO2S/c1-21(6-7-21)19-17(10-15-8-14(11-25-15)20(23)24)16-5-4-13(12-2-3-12)9-18(16)22-19/h4-5,9,11-12,15,22H,2-3,6-8,10H2,1H3,(H,23,24). The molecule has 0 spiro atoms. The van der Waals surface area contributed by atoms with E-state index in [-0.39, 0.29) is 0 Å². The van der Waals surface area contributed by atoms with Crippen molar-refractivity contribution in [2.45, 2.75) is 62.0 Å². The third-order valence-electron chi connectivity index (χ3n) is 6.14. The number of aromatic amines is 1. The predicted octanol–water partition coefficient (Wildman–Crippen LogP) is 5.11. The zero-order valence-corrected chi connectivity index (χ0v) is 15.3. The Morgan fingerprint density at radius 2 is 2.16 bits per heavy atom. The van der Waals surface area contributed by atoms with Crippen molar-refractivity contribution in [1.29, 1.82) is 0 Å². The van der Waals surface area contributed by atoms with Crippen molar-refractivity contribution in [2.75, 3.05) is 0 Å². The Hall–Kier alpha value is -1.68. The van der Waals surface area contributed by atoms with Gasteiger partial charge in [-0.3, -0.25) is 0 Å². The van der Waals surface area contributed by atoms with Crippen LogP contribution < -0.4 is 0 Å². The van der Waals surface area contributed by atoms with Crippen molar-refractivity contribution in [3.8, 4) is 0 Å². The SMILES string of the molecule is CC1(c2[nH]c3cc(C4CC4)ccc3c2CC2CC(C(=O)O)=CS2)CC1. The fraction of sp³-hybridized carbons (Fsp3) is 0.476. The van der Waals surface area contributed by atoms with Crippen LogP contribution in [0.4, 0.5) is 0 Å². The highest BCUT2D eigenvalue weighted by Gasteiger charge is 2.43. The molecule has 0 radical (unpaired) electrons. The molecule has 1 aromatic carbocycles. The van der Waals surface area contributed by atoms with E-state index in [2.05, 4.69) is 30.1 Å². The van der Waals surface area contributed by atoms with Gasteiger partial charge in [0.15, 0.2) is 0 Å². The number of fused-ring (bicyclic) bond motifs is 1. The number of benzene rings is 1. The van der Waals surface area contributed by atoms with Crippen LogP contribution in [0.25, 0.3) is 10.9 Å². The minimum absolute atomic E-state index is 0.292. The van der Waals surface area contributed by atoms with Crippen LogP contribution in [0.5, 0.6) is 0 Å². The number of rotatable bonds is 5. The number of carbonyl (C=O) groups is 1. The lowest BCUT2D eigenvalue weighted by Crippen LogP contribution is -2.11. The molecule has 3 aliphatic rings. The van der Waals surface area contributed by atoms with Crippen molar-refractivity contribution in [3.63, 3.8) is 0 Å². The summed E-state index contributed by atoms with van der Waals surface area (Å²) in [6.45, 7) is 2.35. The second kappa shape index (κ2) is 5.41. The van der Waals surface area contributed by atoms with E-state index in [1.54, 1.807) is 11.8 Å². The molecule has 1 aliphatic heterocycles. The molecular formula is C21H23NO2S. The molecule has 0 amide bonds. The normalized spacial score (nSPS) is 24.5. The highest BCUT2D eigenvalue weighted by Crippen LogP contribution is 2.51. The van der Waals surface area contributed by atoms with E-state index in [0.29, 0.717) is 22.7 Å². The largest absolute Gasteiger partial charge is 0.478 e. The molecule has 130 valence electrons. The first kappa shape index (κ1) is 15.6. The number of aliphatic carboxylic acids is 1. The van der Waals surface area contributed by atoms with Crippen LogP contribution in [-0.4, -0.2) is 21.3 Å². The lowest BCUT2D eigenvalue weighted by atomic mass is 9.94. The van der Waals surface area contributed by atoms with Gasteiger partial charge in [-0.25, -0.2) is 4.79 Å². The Morgan fingerprint density at radius 3 is 2.80 bits per heavy atom. The molecular weight excluding hydrogens is 330 g/mol. The molecule has 3 nitrogen and oxygen atoms in total. The predicted molar refractivity (Wildman–Crippen MR) is 102 cm³/mol. The van der Waals surface area contributed by atoms with E-state index in [0.717, 1.165) is 12.3 Å². The average Bonchev–Trinajstić information content (AvgIpc) is 3.49. The maximum atomic E-state index is 11.2. The van der Waals surface area contributed by atoms with Gasteiger partial charge < -0.3 is 10.1 Å². The Bertz CT molecular complexity index is 902. The molecule has 0 saturated heterocycles. The van der Waals surface area contributed by atoms with E-state index in [1.165, 1.54) is 53.4 Å². The second-order valence-electron chi connectivity index (χ2n) is 8.23. The number of hydrogen-bond acceptors (Lipinski definition) is 2. The summed E-state index contributed by atoms with van der Waals surface area (Å²) in [5, 5.41) is 12.7. The number of H-pyrrole nitrogens is 1. The van der Waals surface area contributed by atoms with Gasteiger partial charge in [-0.2, -0.15) is 0 Å². The van der Waals surface area contributed by atoms with Crippen LogP contribution >= 0.6 is 11.8 Å². The highest BCUT2D eigenvalue weighted by molar-refractivity contribution is 8.03. The molecule has 25 heavy (non-hydrogen) atoms. The summed E-state index contributed by atoms with van der Waals surface area (Å²) < 4.78 is 0. The number of thioether (sulfide) groups is 1. The van der Waals surface area contributed by atoms with Gasteiger partial charge in [-0.15, -0.1) is 11.8 Å². The van der Waals surface area contributed by atoms with Crippen molar-refractivity contribution >= 4 is 28.6 Å². The topological polar surface area (TPSA) is 53.1 Å². The first-order chi connectivity index (χ1) is 12.0. The van der Waals surface area contributed by atoms with Crippen molar-refractivity contribution in [1.82, 2.24) is 4.98 Å². The second-order valence-corrected chi connectivity index (χ2v) is 9.41. The number of nitrogens with one attached hydrogen (secondary N) is 1. The van der Waals surface area contributed by atoms with E-state index in [1.807, 2.05) is 5.41 Å². The molecule has 2 N–H and O–H groups in total. The van der Waals surface area contributed by atoms with Gasteiger partial charge in [0, 0.05) is 32.8 Å². The smallest absolute Gasteiger partial charge is 0.332 e. The van der Waals surface area contributed by atoms with Gasteiger partial charge in [0.2, 0.25) is 0 Å². The Kier molecular flexibility index (Phi) is 3.37. The quantitative estimate of drug-likeness (QED) is 0.785. The molecule has 2 aromatic rings. The Labute approximate surface area is 151 Å². The summed E-state index contributed by atoms with van der Waals surface area (Å²) in [6, 6.07) is 6.96. The molecule has 2 aliphatic carbocycles. The number of hydrogen-bond donors (Lipinski definition) is 2. The summed E-state index contributed by atoms with van der Waals surface area (Å²) in [4.78, 5) is 15.0. The summed E-state index contributed by atoms with van der Waals surface area (Å²) >= 11 is 1.69. The summed E-state index contributed by atoms with van der Waals surface area (Å²) in [6.07, 6.45) is 6.77. The number of carboxylic acid groups (broad SMARTS) is 1. The van der Waals surface area contributed by atoms with E-state index in [4.69, 9.17) is 0 Å². The maximum absolute atomic E-state index is 11.2. The summed E-state index contributed by atoms with van der Waals surface area (Å²) in [5.74, 6) is 0.00112. The van der Waals surface area contributed by atoms with E-state index >= 15 is 0 Å². The highest BCUT2D eigenvalue weighted by atomic mass is 32.2. The zero-order chi connectivity index (χ0) is 17.2. The minimum atomic E-state index is -0.766. The average molecular weight is 353 g/mol. The molecule has 1 aromatic heterocycles. The molecule has 2 fully saturated rings.